The number of nitrogens with zero attached hydrogens (tertiary/aromatic N) is 2. The van der Waals surface area contributed by atoms with Crippen LogP contribution in [0.25, 0.3) is 0 Å². The van der Waals surface area contributed by atoms with Crippen LogP contribution in [0.5, 0.6) is 11.5 Å². The number of ether oxygens (including phenoxy) is 4. The molecule has 1 N–H and O–H groups in total. The topological polar surface area (TPSA) is 98.7 Å². The van der Waals surface area contributed by atoms with Crippen molar-refractivity contribution in [1.82, 2.24) is 10.2 Å². The monoisotopic (exact) mass is 555 g/mol. The first-order valence-corrected chi connectivity index (χ1v) is 13.2. The largest absolute Gasteiger partial charge is 0.460 e. The van der Waals surface area contributed by atoms with Gasteiger partial charge in [-0.15, -0.1) is 0 Å². The Morgan fingerprint density at radius 1 is 1.18 bits per heavy atom. The quantitative estimate of drug-likeness (QED) is 0.356. The molecule has 0 aromatic heterocycles. The van der Waals surface area contributed by atoms with Gasteiger partial charge in [0.1, 0.15) is 6.61 Å². The number of amidine groups is 1. The Labute approximate surface area is 229 Å². The number of aliphatic imine (C=N–C) groups is 1. The molecular formula is C27H26ClN3O6S. The summed E-state index contributed by atoms with van der Waals surface area (Å²) in [6, 6.07) is 12.3. The van der Waals surface area contributed by atoms with E-state index in [4.69, 9.17) is 30.5 Å². The van der Waals surface area contributed by atoms with Gasteiger partial charge in [0.25, 0.3) is 0 Å². The lowest BCUT2D eigenvalue weighted by atomic mass is 9.94. The van der Waals surface area contributed by atoms with Crippen LogP contribution in [0.1, 0.15) is 30.5 Å². The highest BCUT2D eigenvalue weighted by atomic mass is 35.5. The fourth-order valence-electron chi connectivity index (χ4n) is 4.40. The number of esters is 1. The molecule has 5 rings (SSSR count). The van der Waals surface area contributed by atoms with Gasteiger partial charge in [-0.1, -0.05) is 41.6 Å². The van der Waals surface area contributed by atoms with Crippen LogP contribution < -0.4 is 14.8 Å². The number of halogens is 1. The van der Waals surface area contributed by atoms with Crippen LogP contribution in [0.3, 0.4) is 0 Å². The summed E-state index contributed by atoms with van der Waals surface area (Å²) in [5.74, 6) is 0.696. The zero-order valence-corrected chi connectivity index (χ0v) is 22.4. The Balaban J connectivity index is 1.35. The maximum atomic E-state index is 13.2. The summed E-state index contributed by atoms with van der Waals surface area (Å²) in [5.41, 5.74) is 3.35. The van der Waals surface area contributed by atoms with Gasteiger partial charge >= 0.3 is 5.97 Å². The number of carbonyl (C=O) groups is 2. The minimum absolute atomic E-state index is 0.0959. The molecule has 11 heteroatoms. The molecule has 0 aliphatic carbocycles. The number of carbonyl (C=O) groups excluding carboxylic acids is 2. The van der Waals surface area contributed by atoms with Gasteiger partial charge in [0, 0.05) is 24.4 Å². The average Bonchev–Trinajstić information content (AvgIpc) is 3.53. The maximum absolute atomic E-state index is 13.2. The van der Waals surface area contributed by atoms with E-state index >= 15 is 0 Å². The second-order valence-electron chi connectivity index (χ2n) is 8.72. The summed E-state index contributed by atoms with van der Waals surface area (Å²) in [4.78, 5) is 32.8. The van der Waals surface area contributed by atoms with Crippen LogP contribution in [-0.2, 0) is 25.6 Å². The van der Waals surface area contributed by atoms with Gasteiger partial charge in [0.05, 0.1) is 30.3 Å². The molecule has 1 amide bonds. The van der Waals surface area contributed by atoms with Crippen molar-refractivity contribution in [3.05, 3.63) is 81.0 Å². The van der Waals surface area contributed by atoms with E-state index in [1.807, 2.05) is 46.7 Å². The smallest absolute Gasteiger partial charge is 0.338 e. The van der Waals surface area contributed by atoms with Crippen molar-refractivity contribution in [2.75, 3.05) is 27.1 Å². The summed E-state index contributed by atoms with van der Waals surface area (Å²) in [6.07, 6.45) is 0.0959. The minimum atomic E-state index is -0.556. The number of allylic oxidation sites excluding steroid dienone is 1. The molecule has 0 saturated carbocycles. The first-order valence-electron chi connectivity index (χ1n) is 12.0. The zero-order chi connectivity index (χ0) is 26.6. The Morgan fingerprint density at radius 3 is 2.84 bits per heavy atom. The van der Waals surface area contributed by atoms with Crippen molar-refractivity contribution in [1.29, 1.82) is 0 Å². The van der Waals surface area contributed by atoms with Crippen molar-refractivity contribution in [2.24, 2.45) is 4.99 Å². The van der Waals surface area contributed by atoms with E-state index in [-0.39, 0.29) is 32.3 Å². The minimum Gasteiger partial charge on any atom is -0.460 e. The number of nitrogens with one attached hydrogen (secondary N) is 1. The van der Waals surface area contributed by atoms with E-state index in [1.165, 1.54) is 11.8 Å². The molecule has 2 aromatic rings. The van der Waals surface area contributed by atoms with Crippen molar-refractivity contribution in [3.8, 4) is 11.5 Å². The van der Waals surface area contributed by atoms with Crippen molar-refractivity contribution in [3.63, 3.8) is 0 Å². The lowest BCUT2D eigenvalue weighted by Gasteiger charge is -2.36. The number of fused-ring (bicyclic) bond motifs is 2. The van der Waals surface area contributed by atoms with Crippen molar-refractivity contribution in [2.45, 2.75) is 25.9 Å². The molecule has 9 nitrogen and oxygen atoms in total. The van der Waals surface area contributed by atoms with E-state index in [1.54, 1.807) is 20.1 Å². The highest BCUT2D eigenvalue weighted by molar-refractivity contribution is 8.16. The first kappa shape index (κ1) is 26.1. The normalized spacial score (nSPS) is 17.7. The summed E-state index contributed by atoms with van der Waals surface area (Å²) in [6.45, 7) is 2.71. The predicted octanol–water partition coefficient (Wildman–Crippen LogP) is 4.54. The molecule has 38 heavy (non-hydrogen) atoms. The summed E-state index contributed by atoms with van der Waals surface area (Å²) >= 11 is 7.74. The lowest BCUT2D eigenvalue weighted by molar-refractivity contribution is -0.141. The molecule has 198 valence electrons. The third kappa shape index (κ3) is 5.52. The fraction of sp³-hybridized carbons (Fsp3) is 0.296. The molecule has 0 radical (unpaired) electrons. The van der Waals surface area contributed by atoms with Gasteiger partial charge in [-0.05, 0) is 47.7 Å². The van der Waals surface area contributed by atoms with Crippen LogP contribution in [0, 0.1) is 0 Å². The second kappa shape index (κ2) is 11.5. The Bertz CT molecular complexity index is 1360. The van der Waals surface area contributed by atoms with Crippen molar-refractivity contribution < 1.29 is 28.5 Å². The van der Waals surface area contributed by atoms with Crippen LogP contribution in [0.4, 0.5) is 0 Å². The lowest BCUT2D eigenvalue weighted by Crippen LogP contribution is -2.38. The van der Waals surface area contributed by atoms with Crippen LogP contribution in [-0.4, -0.2) is 49.1 Å². The number of hydrogen-bond acceptors (Lipinski definition) is 9. The molecule has 2 aromatic carbocycles. The molecule has 0 saturated heterocycles. The highest BCUT2D eigenvalue weighted by Crippen LogP contribution is 2.45. The van der Waals surface area contributed by atoms with Gasteiger partial charge in [-0.2, -0.15) is 0 Å². The molecular weight excluding hydrogens is 530 g/mol. The average molecular weight is 556 g/mol. The number of rotatable bonds is 9. The third-order valence-corrected chi connectivity index (χ3v) is 7.30. The van der Waals surface area contributed by atoms with E-state index in [0.717, 1.165) is 16.8 Å². The second-order valence-corrected chi connectivity index (χ2v) is 9.99. The summed E-state index contributed by atoms with van der Waals surface area (Å²) in [5, 5.41) is 6.07. The maximum Gasteiger partial charge on any atom is 0.338 e. The molecule has 3 aliphatic rings. The molecule has 0 bridgehead atoms. The van der Waals surface area contributed by atoms with Gasteiger partial charge in [-0.3, -0.25) is 4.79 Å². The van der Waals surface area contributed by atoms with E-state index in [9.17, 15) is 9.59 Å². The number of thioether (sulfide) groups is 1. The Kier molecular flexibility index (Phi) is 7.92. The van der Waals surface area contributed by atoms with Crippen molar-refractivity contribution >= 4 is 40.4 Å². The SMILES string of the molecule is COCCOC(=O)C1=C(C)N=C2SC=C(CC(=O)NCc3ccc4c(c3)OCO4)N2C1c1cccc(Cl)c1. The Hall–Kier alpha value is -3.47. The predicted molar refractivity (Wildman–Crippen MR) is 144 cm³/mol. The molecule has 0 spiro atoms. The van der Waals surface area contributed by atoms with Gasteiger partial charge in [0.15, 0.2) is 16.7 Å². The van der Waals surface area contributed by atoms with E-state index < -0.39 is 12.0 Å². The van der Waals surface area contributed by atoms with E-state index in [0.29, 0.717) is 39.5 Å². The van der Waals surface area contributed by atoms with Crippen LogP contribution >= 0.6 is 23.4 Å². The summed E-state index contributed by atoms with van der Waals surface area (Å²) < 4.78 is 21.3. The number of hydrogen-bond donors (Lipinski definition) is 1. The molecule has 3 aliphatic heterocycles. The summed E-state index contributed by atoms with van der Waals surface area (Å²) in [7, 11) is 1.54. The third-order valence-electron chi connectivity index (χ3n) is 6.17. The molecule has 0 fully saturated rings. The van der Waals surface area contributed by atoms with Crippen LogP contribution in [0.2, 0.25) is 5.02 Å². The number of benzene rings is 2. The van der Waals surface area contributed by atoms with Crippen LogP contribution in [0.15, 0.2) is 69.8 Å². The van der Waals surface area contributed by atoms with Gasteiger partial charge in [-0.25, -0.2) is 9.79 Å². The fourth-order valence-corrected chi connectivity index (χ4v) is 5.56. The standard InChI is InChI=1S/C27H26ClN3O6S/c1-16-24(26(33)35-9-8-34-2)25(18-4-3-5-19(28)11-18)31-20(14-38-27(31)30-16)12-23(32)29-13-17-6-7-21-22(10-17)37-15-36-21/h3-7,10-11,14,25H,8-9,12-13,15H2,1-2H3,(H,29,32). The van der Waals surface area contributed by atoms with Gasteiger partial charge in [0.2, 0.25) is 12.7 Å². The van der Waals surface area contributed by atoms with E-state index in [2.05, 4.69) is 10.3 Å². The molecule has 3 heterocycles. The van der Waals surface area contributed by atoms with Gasteiger partial charge < -0.3 is 29.2 Å². The Morgan fingerprint density at radius 2 is 2.03 bits per heavy atom. The highest BCUT2D eigenvalue weighted by Gasteiger charge is 2.41. The number of methoxy groups -OCH3 is 1. The number of amides is 1. The molecule has 1 unspecified atom stereocenters. The first-order chi connectivity index (χ1) is 18.4. The molecule has 1 atom stereocenters. The zero-order valence-electron chi connectivity index (χ0n) is 20.9.